The number of anilines is 1. The second kappa shape index (κ2) is 5.72. The van der Waals surface area contributed by atoms with Crippen LogP contribution in [0.25, 0.3) is 21.3 Å². The molecule has 0 saturated heterocycles. The van der Waals surface area contributed by atoms with Gasteiger partial charge in [-0.3, -0.25) is 9.59 Å². The van der Waals surface area contributed by atoms with Gasteiger partial charge in [-0.1, -0.05) is 35.6 Å². The highest BCUT2D eigenvalue weighted by Crippen LogP contribution is 2.34. The first-order valence-electron chi connectivity index (χ1n) is 7.72. The molecule has 1 fully saturated rings. The maximum absolute atomic E-state index is 11.9. The van der Waals surface area contributed by atoms with Crippen molar-refractivity contribution in [2.75, 3.05) is 5.32 Å². The lowest BCUT2D eigenvalue weighted by atomic mass is 9.99. The number of hydrogen-bond acceptors (Lipinski definition) is 4. The molecule has 1 aromatic heterocycles. The van der Waals surface area contributed by atoms with Crippen LogP contribution < -0.4 is 11.1 Å². The molecule has 6 heteroatoms. The average molecular weight is 337 g/mol. The van der Waals surface area contributed by atoms with E-state index in [1.165, 1.54) is 11.3 Å². The van der Waals surface area contributed by atoms with Gasteiger partial charge in [-0.05, 0) is 42.2 Å². The first-order valence-corrected chi connectivity index (χ1v) is 8.54. The zero-order valence-electron chi connectivity index (χ0n) is 12.8. The summed E-state index contributed by atoms with van der Waals surface area (Å²) in [5.74, 6) is -0.254. The van der Waals surface area contributed by atoms with Gasteiger partial charge in [0, 0.05) is 11.5 Å². The molecule has 2 aromatic carbocycles. The van der Waals surface area contributed by atoms with E-state index in [0.717, 1.165) is 34.2 Å². The van der Waals surface area contributed by atoms with Crippen molar-refractivity contribution in [2.24, 2.45) is 11.7 Å². The normalized spacial score (nSPS) is 13.8. The van der Waals surface area contributed by atoms with Crippen LogP contribution in [0.15, 0.2) is 42.5 Å². The summed E-state index contributed by atoms with van der Waals surface area (Å²) in [4.78, 5) is 27.9. The van der Waals surface area contributed by atoms with Crippen LogP contribution in [0.4, 0.5) is 5.13 Å². The van der Waals surface area contributed by atoms with Crippen LogP contribution in [0.5, 0.6) is 0 Å². The molecular weight excluding hydrogens is 322 g/mol. The minimum atomic E-state index is -0.451. The molecule has 5 nitrogen and oxygen atoms in total. The Morgan fingerprint density at radius 2 is 1.96 bits per heavy atom. The average Bonchev–Trinajstić information content (AvgIpc) is 3.35. The van der Waals surface area contributed by atoms with Crippen molar-refractivity contribution in [2.45, 2.75) is 12.8 Å². The molecule has 1 saturated carbocycles. The Morgan fingerprint density at radius 1 is 1.17 bits per heavy atom. The summed E-state index contributed by atoms with van der Waals surface area (Å²) in [7, 11) is 0. The van der Waals surface area contributed by atoms with E-state index in [1.807, 2.05) is 30.3 Å². The molecule has 1 heterocycles. The van der Waals surface area contributed by atoms with Gasteiger partial charge in [0.1, 0.15) is 0 Å². The van der Waals surface area contributed by atoms with E-state index in [2.05, 4.69) is 10.3 Å². The second-order valence-corrected chi connectivity index (χ2v) is 6.91. The summed E-state index contributed by atoms with van der Waals surface area (Å²) >= 11 is 1.43. The summed E-state index contributed by atoms with van der Waals surface area (Å²) in [6.07, 6.45) is 1.93. The van der Waals surface area contributed by atoms with E-state index >= 15 is 0 Å². The summed E-state index contributed by atoms with van der Waals surface area (Å²) in [5, 5.41) is 3.49. The predicted octanol–water partition coefficient (Wildman–Crippen LogP) is 3.41. The minimum absolute atomic E-state index is 0.0494. The van der Waals surface area contributed by atoms with E-state index in [1.54, 1.807) is 12.1 Å². The van der Waals surface area contributed by atoms with Crippen molar-refractivity contribution in [3.8, 4) is 11.1 Å². The van der Waals surface area contributed by atoms with Gasteiger partial charge in [0.25, 0.3) is 0 Å². The van der Waals surface area contributed by atoms with E-state index in [4.69, 9.17) is 5.73 Å². The monoisotopic (exact) mass is 337 g/mol. The van der Waals surface area contributed by atoms with E-state index in [0.29, 0.717) is 10.7 Å². The third kappa shape index (κ3) is 2.76. The third-order valence-electron chi connectivity index (χ3n) is 4.07. The SMILES string of the molecule is NC(=O)c1ccccc1-c1ccc2nc(NC(=O)C3CC3)sc2c1. The lowest BCUT2D eigenvalue weighted by Gasteiger charge is -2.06. The highest BCUT2D eigenvalue weighted by atomic mass is 32.1. The molecule has 24 heavy (non-hydrogen) atoms. The molecule has 0 radical (unpaired) electrons. The molecule has 0 spiro atoms. The zero-order chi connectivity index (χ0) is 16.7. The molecule has 4 rings (SSSR count). The fraction of sp³-hybridized carbons (Fsp3) is 0.167. The molecule has 120 valence electrons. The van der Waals surface area contributed by atoms with Crippen LogP contribution in [0.1, 0.15) is 23.2 Å². The Balaban J connectivity index is 1.70. The second-order valence-electron chi connectivity index (χ2n) is 5.87. The standard InChI is InChI=1S/C18H15N3O2S/c19-16(22)13-4-2-1-3-12(13)11-7-8-14-15(9-11)24-18(20-14)21-17(23)10-5-6-10/h1-4,7-10H,5-6H2,(H2,19,22)(H,20,21,23). The molecule has 0 bridgehead atoms. The number of aromatic nitrogens is 1. The number of nitrogens with zero attached hydrogens (tertiary/aromatic N) is 1. The van der Waals surface area contributed by atoms with Crippen LogP contribution in [0, 0.1) is 5.92 Å². The molecule has 0 atom stereocenters. The van der Waals surface area contributed by atoms with Gasteiger partial charge in [-0.15, -0.1) is 0 Å². The Labute approximate surface area is 142 Å². The summed E-state index contributed by atoms with van der Waals surface area (Å²) in [6, 6.07) is 13.0. The maximum Gasteiger partial charge on any atom is 0.249 e. The third-order valence-corrected chi connectivity index (χ3v) is 5.00. The number of rotatable bonds is 4. The lowest BCUT2D eigenvalue weighted by Crippen LogP contribution is -2.12. The first-order chi connectivity index (χ1) is 11.6. The number of thiazole rings is 1. The molecule has 0 aliphatic heterocycles. The Morgan fingerprint density at radius 3 is 2.71 bits per heavy atom. The van der Waals surface area contributed by atoms with Gasteiger partial charge in [-0.2, -0.15) is 0 Å². The highest BCUT2D eigenvalue weighted by molar-refractivity contribution is 7.22. The number of hydrogen-bond donors (Lipinski definition) is 2. The fourth-order valence-electron chi connectivity index (χ4n) is 2.65. The van der Waals surface area contributed by atoms with Gasteiger partial charge in [-0.25, -0.2) is 4.98 Å². The summed E-state index contributed by atoms with van der Waals surface area (Å²) in [6.45, 7) is 0. The highest BCUT2D eigenvalue weighted by Gasteiger charge is 2.30. The van der Waals surface area contributed by atoms with Gasteiger partial charge >= 0.3 is 0 Å². The summed E-state index contributed by atoms with van der Waals surface area (Å²) < 4.78 is 0.956. The number of fused-ring (bicyclic) bond motifs is 1. The number of carbonyl (C=O) groups excluding carboxylic acids is 2. The molecule has 3 aromatic rings. The van der Waals surface area contributed by atoms with Crippen LogP contribution in [0.2, 0.25) is 0 Å². The van der Waals surface area contributed by atoms with Crippen molar-refractivity contribution in [1.29, 1.82) is 0 Å². The van der Waals surface area contributed by atoms with Gasteiger partial charge < -0.3 is 11.1 Å². The Bertz CT molecular complexity index is 960. The van der Waals surface area contributed by atoms with E-state index in [-0.39, 0.29) is 11.8 Å². The Kier molecular flexibility index (Phi) is 3.54. The lowest BCUT2D eigenvalue weighted by molar-refractivity contribution is -0.117. The molecular formula is C18H15N3O2S. The van der Waals surface area contributed by atoms with Gasteiger partial charge in [0.15, 0.2) is 5.13 Å². The number of benzene rings is 2. The van der Waals surface area contributed by atoms with Crippen molar-refractivity contribution >= 4 is 38.5 Å². The van der Waals surface area contributed by atoms with Crippen molar-refractivity contribution < 1.29 is 9.59 Å². The molecule has 2 amide bonds. The van der Waals surface area contributed by atoms with Gasteiger partial charge in [0.05, 0.1) is 10.2 Å². The minimum Gasteiger partial charge on any atom is -0.366 e. The molecule has 1 aliphatic carbocycles. The van der Waals surface area contributed by atoms with Crippen LogP contribution in [-0.4, -0.2) is 16.8 Å². The van der Waals surface area contributed by atoms with Crippen LogP contribution >= 0.6 is 11.3 Å². The van der Waals surface area contributed by atoms with Gasteiger partial charge in [0.2, 0.25) is 11.8 Å². The maximum atomic E-state index is 11.9. The smallest absolute Gasteiger partial charge is 0.249 e. The topological polar surface area (TPSA) is 85.1 Å². The quantitative estimate of drug-likeness (QED) is 0.765. The number of primary amides is 1. The molecule has 3 N–H and O–H groups in total. The van der Waals surface area contributed by atoms with Crippen molar-refractivity contribution in [3.63, 3.8) is 0 Å². The fourth-order valence-corrected chi connectivity index (χ4v) is 3.56. The van der Waals surface area contributed by atoms with Crippen LogP contribution in [0.3, 0.4) is 0 Å². The Hall–Kier alpha value is -2.73. The predicted molar refractivity (Wildman–Crippen MR) is 94.9 cm³/mol. The number of amides is 2. The van der Waals surface area contributed by atoms with Crippen LogP contribution in [-0.2, 0) is 4.79 Å². The first kappa shape index (κ1) is 14.8. The number of nitrogens with two attached hydrogens (primary N) is 1. The van der Waals surface area contributed by atoms with E-state index in [9.17, 15) is 9.59 Å². The molecule has 0 unspecified atom stereocenters. The summed E-state index contributed by atoms with van der Waals surface area (Å²) in [5.41, 5.74) is 8.47. The number of carbonyl (C=O) groups is 2. The molecule has 1 aliphatic rings. The van der Waals surface area contributed by atoms with Crippen molar-refractivity contribution in [1.82, 2.24) is 4.98 Å². The zero-order valence-corrected chi connectivity index (χ0v) is 13.6. The number of nitrogens with one attached hydrogen (secondary N) is 1. The largest absolute Gasteiger partial charge is 0.366 e. The van der Waals surface area contributed by atoms with E-state index < -0.39 is 5.91 Å². The van der Waals surface area contributed by atoms with Crippen molar-refractivity contribution in [3.05, 3.63) is 48.0 Å².